The molecule has 0 unspecified atom stereocenters. The van der Waals surface area contributed by atoms with Gasteiger partial charge in [-0.1, -0.05) is 15.9 Å². The van der Waals surface area contributed by atoms with E-state index in [0.717, 1.165) is 16.4 Å². The smallest absolute Gasteiger partial charge is 0.348 e. The molecule has 4 nitrogen and oxygen atoms in total. The van der Waals surface area contributed by atoms with Crippen LogP contribution in [0, 0.1) is 0 Å². The fourth-order valence-corrected chi connectivity index (χ4v) is 0.951. The van der Waals surface area contributed by atoms with Crippen molar-refractivity contribution in [1.29, 1.82) is 0 Å². The summed E-state index contributed by atoms with van der Waals surface area (Å²) in [6, 6.07) is 7.23. The summed E-state index contributed by atoms with van der Waals surface area (Å²) in [7, 11) is 0. The molecule has 0 heterocycles. The third-order valence-corrected chi connectivity index (χ3v) is 1.74. The van der Waals surface area contributed by atoms with Crippen LogP contribution in [0.2, 0.25) is 0 Å². The number of aliphatic carboxylic acids is 1. The number of hydrazone groups is 1. The first-order valence-electron chi connectivity index (χ1n) is 3.46. The monoisotopic (exact) mass is 242 g/mol. The SMILES string of the molecule is O=C(O)/C=N/Nc1ccc(Br)cc1. The van der Waals surface area contributed by atoms with E-state index in [9.17, 15) is 4.79 Å². The first kappa shape index (κ1) is 9.73. The Morgan fingerprint density at radius 1 is 1.46 bits per heavy atom. The van der Waals surface area contributed by atoms with Crippen LogP contribution >= 0.6 is 15.9 Å². The number of carboxylic acid groups (broad SMARTS) is 1. The molecular formula is C8H7BrN2O2. The summed E-state index contributed by atoms with van der Waals surface area (Å²) in [6.07, 6.45) is 0.794. The van der Waals surface area contributed by atoms with Gasteiger partial charge in [0.15, 0.2) is 0 Å². The molecular weight excluding hydrogens is 236 g/mol. The second-order valence-corrected chi connectivity index (χ2v) is 3.13. The third-order valence-electron chi connectivity index (χ3n) is 1.21. The molecule has 0 aromatic heterocycles. The van der Waals surface area contributed by atoms with Crippen molar-refractivity contribution in [3.05, 3.63) is 28.7 Å². The van der Waals surface area contributed by atoms with Crippen molar-refractivity contribution >= 4 is 33.8 Å². The highest BCUT2D eigenvalue weighted by molar-refractivity contribution is 9.10. The Balaban J connectivity index is 2.55. The van der Waals surface area contributed by atoms with Gasteiger partial charge in [0.1, 0.15) is 6.21 Å². The van der Waals surface area contributed by atoms with Crippen molar-refractivity contribution in [2.75, 3.05) is 5.43 Å². The molecule has 1 aromatic carbocycles. The van der Waals surface area contributed by atoms with Gasteiger partial charge in [0, 0.05) is 4.47 Å². The van der Waals surface area contributed by atoms with Gasteiger partial charge in [0.05, 0.1) is 5.69 Å². The van der Waals surface area contributed by atoms with E-state index in [1.165, 1.54) is 0 Å². The Morgan fingerprint density at radius 2 is 2.08 bits per heavy atom. The molecule has 0 fully saturated rings. The number of benzene rings is 1. The van der Waals surface area contributed by atoms with Crippen LogP contribution in [0.5, 0.6) is 0 Å². The predicted molar refractivity (Wildman–Crippen MR) is 53.9 cm³/mol. The van der Waals surface area contributed by atoms with E-state index < -0.39 is 5.97 Å². The molecule has 0 aliphatic heterocycles. The summed E-state index contributed by atoms with van der Waals surface area (Å²) < 4.78 is 0.959. The van der Waals surface area contributed by atoms with Gasteiger partial charge in [-0.3, -0.25) is 5.43 Å². The van der Waals surface area contributed by atoms with E-state index in [2.05, 4.69) is 26.5 Å². The second-order valence-electron chi connectivity index (χ2n) is 2.22. The lowest BCUT2D eigenvalue weighted by Gasteiger charge is -1.97. The van der Waals surface area contributed by atoms with Crippen LogP contribution in [0.3, 0.4) is 0 Å². The van der Waals surface area contributed by atoms with Crippen molar-refractivity contribution in [2.45, 2.75) is 0 Å². The number of hydrogen-bond donors (Lipinski definition) is 2. The van der Waals surface area contributed by atoms with Crippen molar-refractivity contribution in [3.63, 3.8) is 0 Å². The van der Waals surface area contributed by atoms with Crippen LogP contribution in [0.25, 0.3) is 0 Å². The van der Waals surface area contributed by atoms with Gasteiger partial charge in [-0.15, -0.1) is 0 Å². The summed E-state index contributed by atoms with van der Waals surface area (Å²) in [6.45, 7) is 0. The minimum absolute atomic E-state index is 0.737. The molecule has 13 heavy (non-hydrogen) atoms. The Labute approximate surface area is 83.4 Å². The average Bonchev–Trinajstić information content (AvgIpc) is 2.08. The normalized spacial score (nSPS) is 10.2. The van der Waals surface area contributed by atoms with Gasteiger partial charge in [-0.2, -0.15) is 5.10 Å². The molecule has 0 spiro atoms. The molecule has 0 atom stereocenters. The summed E-state index contributed by atoms with van der Waals surface area (Å²) in [4.78, 5) is 10.0. The molecule has 0 aliphatic carbocycles. The third kappa shape index (κ3) is 3.71. The molecule has 0 radical (unpaired) electrons. The molecule has 68 valence electrons. The fraction of sp³-hybridized carbons (Fsp3) is 0. The number of hydrogen-bond acceptors (Lipinski definition) is 3. The zero-order valence-corrected chi connectivity index (χ0v) is 8.15. The minimum atomic E-state index is -1.08. The summed E-state index contributed by atoms with van der Waals surface area (Å²) in [5.41, 5.74) is 3.31. The number of rotatable bonds is 3. The number of nitrogens with one attached hydrogen (secondary N) is 1. The van der Waals surface area contributed by atoms with Gasteiger partial charge >= 0.3 is 5.97 Å². The van der Waals surface area contributed by atoms with Crippen LogP contribution in [0.15, 0.2) is 33.8 Å². The molecule has 0 amide bonds. The second kappa shape index (κ2) is 4.61. The Bertz CT molecular complexity index is 321. The zero-order valence-electron chi connectivity index (χ0n) is 6.57. The lowest BCUT2D eigenvalue weighted by molar-refractivity contribution is -0.128. The fourth-order valence-electron chi connectivity index (χ4n) is 0.686. The van der Waals surface area contributed by atoms with E-state index in [1.54, 1.807) is 12.1 Å². The van der Waals surface area contributed by atoms with Gasteiger partial charge in [-0.25, -0.2) is 4.79 Å². The van der Waals surface area contributed by atoms with Crippen LogP contribution in [0.4, 0.5) is 5.69 Å². The number of carboxylic acids is 1. The van der Waals surface area contributed by atoms with E-state index >= 15 is 0 Å². The lowest BCUT2D eigenvalue weighted by Crippen LogP contribution is -1.98. The first-order valence-corrected chi connectivity index (χ1v) is 4.25. The zero-order chi connectivity index (χ0) is 9.68. The van der Waals surface area contributed by atoms with Crippen molar-refractivity contribution in [1.82, 2.24) is 0 Å². The minimum Gasteiger partial charge on any atom is -0.477 e. The Hall–Kier alpha value is -1.36. The van der Waals surface area contributed by atoms with E-state index in [0.29, 0.717) is 0 Å². The number of carbonyl (C=O) groups is 1. The van der Waals surface area contributed by atoms with Crippen LogP contribution in [0.1, 0.15) is 0 Å². The molecule has 2 N–H and O–H groups in total. The molecule has 0 saturated heterocycles. The molecule has 0 bridgehead atoms. The van der Waals surface area contributed by atoms with Gasteiger partial charge in [-0.05, 0) is 24.3 Å². The van der Waals surface area contributed by atoms with Crippen LogP contribution in [-0.4, -0.2) is 17.3 Å². The predicted octanol–water partition coefficient (Wildman–Crippen LogP) is 1.93. The molecule has 5 heteroatoms. The van der Waals surface area contributed by atoms with Crippen LogP contribution in [-0.2, 0) is 4.79 Å². The summed E-state index contributed by atoms with van der Waals surface area (Å²) in [5.74, 6) is -1.08. The van der Waals surface area contributed by atoms with Gasteiger partial charge < -0.3 is 5.11 Å². The Morgan fingerprint density at radius 3 is 2.62 bits per heavy atom. The molecule has 0 saturated carbocycles. The molecule has 1 aromatic rings. The largest absolute Gasteiger partial charge is 0.477 e. The average molecular weight is 243 g/mol. The van der Waals surface area contributed by atoms with E-state index in [1.807, 2.05) is 12.1 Å². The van der Waals surface area contributed by atoms with E-state index in [-0.39, 0.29) is 0 Å². The maximum atomic E-state index is 10.0. The Kier molecular flexibility index (Phi) is 3.45. The maximum Gasteiger partial charge on any atom is 0.348 e. The lowest BCUT2D eigenvalue weighted by atomic mass is 10.3. The number of anilines is 1. The van der Waals surface area contributed by atoms with Crippen molar-refractivity contribution < 1.29 is 9.90 Å². The maximum absolute atomic E-state index is 10.0. The summed E-state index contributed by atoms with van der Waals surface area (Å²) in [5, 5.41) is 11.7. The van der Waals surface area contributed by atoms with Crippen molar-refractivity contribution in [2.24, 2.45) is 5.10 Å². The standard InChI is InChI=1S/C8H7BrN2O2/c9-6-1-3-7(4-2-6)11-10-5-8(12)13/h1-5,11H,(H,12,13)/b10-5+. The summed E-state index contributed by atoms with van der Waals surface area (Å²) >= 11 is 3.28. The van der Waals surface area contributed by atoms with Gasteiger partial charge in [0.2, 0.25) is 0 Å². The number of nitrogens with zero attached hydrogens (tertiary/aromatic N) is 1. The molecule has 0 aliphatic rings. The quantitative estimate of drug-likeness (QED) is 0.629. The number of halogens is 1. The van der Waals surface area contributed by atoms with Crippen molar-refractivity contribution in [3.8, 4) is 0 Å². The molecule has 1 rings (SSSR count). The first-order chi connectivity index (χ1) is 6.18. The topological polar surface area (TPSA) is 61.7 Å². The highest BCUT2D eigenvalue weighted by atomic mass is 79.9. The van der Waals surface area contributed by atoms with Gasteiger partial charge in [0.25, 0.3) is 0 Å². The highest BCUT2D eigenvalue weighted by Crippen LogP contribution is 2.13. The highest BCUT2D eigenvalue weighted by Gasteiger charge is 1.89. The van der Waals surface area contributed by atoms with Crippen LogP contribution < -0.4 is 5.43 Å². The van der Waals surface area contributed by atoms with E-state index in [4.69, 9.17) is 5.11 Å².